The van der Waals surface area contributed by atoms with Gasteiger partial charge < -0.3 is 9.52 Å². The summed E-state index contributed by atoms with van der Waals surface area (Å²) < 4.78 is 33.1. The Morgan fingerprint density at radius 1 is 1.00 bits per heavy atom. The number of benzene rings is 2. The molecule has 0 aliphatic heterocycles. The van der Waals surface area contributed by atoms with Crippen LogP contribution in [0.3, 0.4) is 0 Å². The van der Waals surface area contributed by atoms with Gasteiger partial charge in [0.05, 0.1) is 29.2 Å². The van der Waals surface area contributed by atoms with Gasteiger partial charge in [0.2, 0.25) is 0 Å². The van der Waals surface area contributed by atoms with E-state index in [1.54, 1.807) is 25.3 Å². The van der Waals surface area contributed by atoms with E-state index in [2.05, 4.69) is 4.98 Å². The van der Waals surface area contributed by atoms with E-state index in [1.165, 1.54) is 12.1 Å². The zero-order valence-corrected chi connectivity index (χ0v) is 18.0. The molecule has 0 saturated heterocycles. The van der Waals surface area contributed by atoms with Gasteiger partial charge in [-0.1, -0.05) is 30.3 Å². The summed E-state index contributed by atoms with van der Waals surface area (Å²) in [6.45, 7) is 1.79. The summed E-state index contributed by atoms with van der Waals surface area (Å²) in [5.41, 5.74) is 2.77. The lowest BCUT2D eigenvalue weighted by molar-refractivity contribution is -0.141. The fraction of sp³-hybridized carbons (Fsp3) is 0.192. The van der Waals surface area contributed by atoms with E-state index in [0.717, 1.165) is 11.6 Å². The van der Waals surface area contributed by atoms with Crippen molar-refractivity contribution in [3.05, 3.63) is 107 Å². The fourth-order valence-electron chi connectivity index (χ4n) is 3.74. The maximum absolute atomic E-state index is 13.8. The third-order valence-electron chi connectivity index (χ3n) is 5.33. The largest absolute Gasteiger partial charge is 0.481 e. The molecule has 0 radical (unpaired) electrons. The second-order valence-electron chi connectivity index (χ2n) is 7.92. The van der Waals surface area contributed by atoms with Gasteiger partial charge in [0.15, 0.2) is 0 Å². The van der Waals surface area contributed by atoms with E-state index in [0.29, 0.717) is 34.2 Å². The van der Waals surface area contributed by atoms with E-state index in [-0.39, 0.29) is 19.3 Å². The van der Waals surface area contributed by atoms with E-state index in [1.807, 2.05) is 30.3 Å². The molecule has 7 heteroatoms. The minimum absolute atomic E-state index is 0.101. The first-order chi connectivity index (χ1) is 15.9. The molecule has 1 unspecified atom stereocenters. The van der Waals surface area contributed by atoms with Gasteiger partial charge in [-0.15, -0.1) is 0 Å². The molecule has 2 heterocycles. The molecule has 5 nitrogen and oxygen atoms in total. The van der Waals surface area contributed by atoms with Crippen LogP contribution in [0, 0.1) is 24.5 Å². The average Bonchev–Trinajstić information content (AvgIpc) is 3.19. The number of carboxylic acids is 1. The number of aryl methyl sites for hydroxylation is 1. The van der Waals surface area contributed by atoms with E-state index >= 15 is 0 Å². The Morgan fingerprint density at radius 3 is 2.36 bits per heavy atom. The smallest absolute Gasteiger partial charge is 0.307 e. The van der Waals surface area contributed by atoms with E-state index in [9.17, 15) is 18.7 Å². The van der Waals surface area contributed by atoms with Gasteiger partial charge in [0.25, 0.3) is 0 Å². The number of halogens is 2. The van der Waals surface area contributed by atoms with Crippen molar-refractivity contribution in [1.82, 2.24) is 9.97 Å². The predicted molar refractivity (Wildman–Crippen MR) is 119 cm³/mol. The van der Waals surface area contributed by atoms with Crippen molar-refractivity contribution in [1.29, 1.82) is 0 Å². The van der Waals surface area contributed by atoms with Crippen molar-refractivity contribution < 1.29 is 23.1 Å². The molecule has 0 spiro atoms. The second-order valence-corrected chi connectivity index (χ2v) is 7.92. The monoisotopic (exact) mass is 448 g/mol. The first-order valence-electron chi connectivity index (χ1n) is 10.5. The van der Waals surface area contributed by atoms with Crippen LogP contribution in [0.4, 0.5) is 8.78 Å². The van der Waals surface area contributed by atoms with Crippen LogP contribution in [-0.2, 0) is 24.1 Å². The number of aliphatic carboxylic acids is 1. The highest BCUT2D eigenvalue weighted by Gasteiger charge is 2.23. The lowest BCUT2D eigenvalue weighted by atomic mass is 9.95. The summed E-state index contributed by atoms with van der Waals surface area (Å²) in [6.07, 6.45) is 2.00. The Morgan fingerprint density at radius 2 is 1.73 bits per heavy atom. The predicted octanol–water partition coefficient (Wildman–Crippen LogP) is 5.40. The quantitative estimate of drug-likeness (QED) is 0.391. The topological polar surface area (TPSA) is 76.2 Å². The van der Waals surface area contributed by atoms with E-state index < -0.39 is 23.5 Å². The lowest BCUT2D eigenvalue weighted by Gasteiger charge is -2.15. The second kappa shape index (κ2) is 9.73. The molecule has 4 rings (SSSR count). The molecule has 168 valence electrons. The van der Waals surface area contributed by atoms with Gasteiger partial charge in [0, 0.05) is 30.9 Å². The van der Waals surface area contributed by atoms with Crippen molar-refractivity contribution in [2.75, 3.05) is 0 Å². The average molecular weight is 448 g/mol. The van der Waals surface area contributed by atoms with Crippen molar-refractivity contribution in [3.8, 4) is 11.3 Å². The molecule has 1 N–H and O–H groups in total. The van der Waals surface area contributed by atoms with Crippen LogP contribution < -0.4 is 0 Å². The van der Waals surface area contributed by atoms with Crippen LogP contribution in [0.25, 0.3) is 11.3 Å². The number of carbonyl (C=O) groups is 1. The molecule has 0 bridgehead atoms. The van der Waals surface area contributed by atoms with Gasteiger partial charge in [0.1, 0.15) is 23.2 Å². The minimum atomic E-state index is -0.985. The van der Waals surface area contributed by atoms with Crippen LogP contribution in [0.1, 0.15) is 28.5 Å². The third kappa shape index (κ3) is 5.68. The molecular weight excluding hydrogens is 426 g/mol. The number of aromatic nitrogens is 2. The molecule has 0 saturated carbocycles. The van der Waals surface area contributed by atoms with Gasteiger partial charge in [-0.3, -0.25) is 9.78 Å². The highest BCUT2D eigenvalue weighted by atomic mass is 19.1. The SMILES string of the molecule is Cc1ccc(CC(Cc2ncc(-c3ccccc3)nc2Cc2cc(F)cc(F)c2)C(=O)O)o1. The maximum atomic E-state index is 13.8. The van der Waals surface area contributed by atoms with Crippen molar-refractivity contribution >= 4 is 5.97 Å². The van der Waals surface area contributed by atoms with Crippen molar-refractivity contribution in [2.24, 2.45) is 5.92 Å². The number of nitrogens with zero attached hydrogens (tertiary/aromatic N) is 2. The fourth-order valence-corrected chi connectivity index (χ4v) is 3.74. The van der Waals surface area contributed by atoms with Gasteiger partial charge >= 0.3 is 5.97 Å². The summed E-state index contributed by atoms with van der Waals surface area (Å²) in [5, 5.41) is 9.80. The van der Waals surface area contributed by atoms with Gasteiger partial charge in [-0.05, 0) is 36.8 Å². The summed E-state index contributed by atoms with van der Waals surface area (Å²) >= 11 is 0. The Bertz CT molecular complexity index is 1250. The van der Waals surface area contributed by atoms with Crippen molar-refractivity contribution in [2.45, 2.75) is 26.2 Å². The van der Waals surface area contributed by atoms with Gasteiger partial charge in [-0.25, -0.2) is 13.8 Å². The molecule has 2 aromatic heterocycles. The van der Waals surface area contributed by atoms with Crippen molar-refractivity contribution in [3.63, 3.8) is 0 Å². The molecule has 0 fully saturated rings. The molecular formula is C26H22F2N2O3. The zero-order chi connectivity index (χ0) is 23.4. The number of hydrogen-bond acceptors (Lipinski definition) is 4. The highest BCUT2D eigenvalue weighted by molar-refractivity contribution is 5.70. The summed E-state index contributed by atoms with van der Waals surface area (Å²) in [7, 11) is 0. The number of rotatable bonds is 8. The number of carboxylic acid groups (broad SMARTS) is 1. The Hall–Kier alpha value is -3.87. The molecule has 33 heavy (non-hydrogen) atoms. The molecule has 0 amide bonds. The standard InChI is InChI=1S/C26H22F2N2O3/c1-16-7-8-22(33-16)12-19(26(31)32)13-23-24(11-17-9-20(27)14-21(28)10-17)30-25(15-29-23)18-5-3-2-4-6-18/h2-10,14-15,19H,11-13H2,1H3,(H,31,32). The highest BCUT2D eigenvalue weighted by Crippen LogP contribution is 2.23. The number of furan rings is 1. The molecule has 0 aliphatic carbocycles. The van der Waals surface area contributed by atoms with Gasteiger partial charge in [-0.2, -0.15) is 0 Å². The minimum Gasteiger partial charge on any atom is -0.481 e. The summed E-state index contributed by atoms with van der Waals surface area (Å²) in [6, 6.07) is 16.2. The van der Waals surface area contributed by atoms with Crippen LogP contribution in [0.5, 0.6) is 0 Å². The first kappa shape index (κ1) is 22.3. The van der Waals surface area contributed by atoms with Crippen LogP contribution in [0.15, 0.2) is 71.3 Å². The third-order valence-corrected chi connectivity index (χ3v) is 5.33. The lowest BCUT2D eigenvalue weighted by Crippen LogP contribution is -2.21. The normalized spacial score (nSPS) is 12.0. The number of hydrogen-bond donors (Lipinski definition) is 1. The Kier molecular flexibility index (Phi) is 6.58. The molecule has 4 aromatic rings. The molecule has 0 aliphatic rings. The Labute approximate surface area is 189 Å². The van der Waals surface area contributed by atoms with Crippen LogP contribution in [-0.4, -0.2) is 21.0 Å². The summed E-state index contributed by atoms with van der Waals surface area (Å²) in [5.74, 6) is -1.88. The first-order valence-corrected chi connectivity index (χ1v) is 10.5. The zero-order valence-electron chi connectivity index (χ0n) is 18.0. The van der Waals surface area contributed by atoms with Crippen LogP contribution >= 0.6 is 0 Å². The summed E-state index contributed by atoms with van der Waals surface area (Å²) in [4.78, 5) is 21.2. The Balaban J connectivity index is 1.69. The van der Waals surface area contributed by atoms with E-state index in [4.69, 9.17) is 9.40 Å². The molecule has 2 aromatic carbocycles. The molecule has 1 atom stereocenters. The van der Waals surface area contributed by atoms with Crippen LogP contribution in [0.2, 0.25) is 0 Å². The maximum Gasteiger partial charge on any atom is 0.307 e.